The molecule has 1 fully saturated rings. The number of anilines is 2. The predicted molar refractivity (Wildman–Crippen MR) is 125 cm³/mol. The lowest BCUT2D eigenvalue weighted by Crippen LogP contribution is -2.36. The van der Waals surface area contributed by atoms with Crippen molar-refractivity contribution < 1.29 is 9.90 Å². The Hall–Kier alpha value is -2.90. The van der Waals surface area contributed by atoms with Crippen molar-refractivity contribution in [3.63, 3.8) is 0 Å². The van der Waals surface area contributed by atoms with E-state index < -0.39 is 11.5 Å². The van der Waals surface area contributed by atoms with Gasteiger partial charge in [0.15, 0.2) is 0 Å². The Labute approximate surface area is 190 Å². The largest absolute Gasteiger partial charge is 0.392 e. The number of para-hydroxylation sites is 1. The molecule has 0 saturated heterocycles. The molecule has 4 atom stereocenters. The molecule has 2 aliphatic rings. The van der Waals surface area contributed by atoms with Gasteiger partial charge >= 0.3 is 0 Å². The van der Waals surface area contributed by atoms with Gasteiger partial charge in [-0.05, 0) is 49.4 Å². The number of fused-ring (bicyclic) bond motifs is 2. The van der Waals surface area contributed by atoms with Crippen LogP contribution in [-0.2, 0) is 4.79 Å². The molecule has 1 saturated carbocycles. The molecule has 2 heterocycles. The minimum atomic E-state index is -0.581. The van der Waals surface area contributed by atoms with E-state index in [-0.39, 0.29) is 23.4 Å². The lowest BCUT2D eigenvalue weighted by molar-refractivity contribution is -0.121. The molecule has 0 spiro atoms. The van der Waals surface area contributed by atoms with Gasteiger partial charge in [0.25, 0.3) is 5.56 Å². The highest BCUT2D eigenvalue weighted by molar-refractivity contribution is 6.21. The van der Waals surface area contributed by atoms with Crippen LogP contribution in [0.5, 0.6) is 0 Å². The van der Waals surface area contributed by atoms with Gasteiger partial charge in [0.2, 0.25) is 5.91 Å². The molecular weight excluding hydrogens is 428 g/mol. The molecule has 1 aliphatic carbocycles. The Morgan fingerprint density at radius 2 is 2.00 bits per heavy atom. The number of hydrogen-bond acceptors (Lipinski definition) is 5. The maximum Gasteiger partial charge on any atom is 0.263 e. The normalized spacial score (nSPS) is 25.1. The molecule has 1 aromatic heterocycles. The van der Waals surface area contributed by atoms with Crippen LogP contribution in [0.15, 0.2) is 53.6 Å². The first-order chi connectivity index (χ1) is 15.5. The third-order valence-corrected chi connectivity index (χ3v) is 7.04. The number of rotatable bonds is 3. The molecule has 166 valence electrons. The maximum atomic E-state index is 13.6. The number of carbonyl (C=O) groups is 1. The number of aliphatic hydroxyl groups is 1. The Balaban J connectivity index is 1.51. The van der Waals surface area contributed by atoms with E-state index in [1.54, 1.807) is 29.1 Å². The van der Waals surface area contributed by atoms with Crippen LogP contribution in [0.3, 0.4) is 0 Å². The second-order valence-electron chi connectivity index (χ2n) is 8.56. The summed E-state index contributed by atoms with van der Waals surface area (Å²) in [5, 5.41) is 16.1. The molecular formula is C24H25ClN4O3. The molecule has 1 amide bonds. The number of aliphatic hydroxyl groups excluding tert-OH is 1. The zero-order valence-electron chi connectivity index (χ0n) is 17.5. The predicted octanol–water partition coefficient (Wildman–Crippen LogP) is 3.51. The van der Waals surface area contributed by atoms with E-state index in [1.807, 2.05) is 24.3 Å². The van der Waals surface area contributed by atoms with Gasteiger partial charge in [0, 0.05) is 18.2 Å². The van der Waals surface area contributed by atoms with Crippen LogP contribution in [-0.4, -0.2) is 38.6 Å². The fourth-order valence-electron chi connectivity index (χ4n) is 4.81. The van der Waals surface area contributed by atoms with Crippen molar-refractivity contribution in [2.24, 2.45) is 5.92 Å². The van der Waals surface area contributed by atoms with Crippen LogP contribution in [0.4, 0.5) is 11.4 Å². The van der Waals surface area contributed by atoms with Crippen LogP contribution in [0.2, 0.25) is 0 Å². The third-order valence-electron chi connectivity index (χ3n) is 6.57. The summed E-state index contributed by atoms with van der Waals surface area (Å²) in [6, 6.07) is 13.1. The van der Waals surface area contributed by atoms with E-state index in [9.17, 15) is 14.7 Å². The summed E-state index contributed by atoms with van der Waals surface area (Å²) in [7, 11) is 0. The number of aromatic nitrogens is 2. The molecule has 0 radical (unpaired) electrons. The van der Waals surface area contributed by atoms with Crippen molar-refractivity contribution in [3.05, 3.63) is 64.7 Å². The molecule has 7 nitrogen and oxygen atoms in total. The third kappa shape index (κ3) is 3.76. The summed E-state index contributed by atoms with van der Waals surface area (Å²) in [5.41, 5.74) is 2.89. The second kappa shape index (κ2) is 8.56. The first-order valence-electron chi connectivity index (χ1n) is 11.0. The number of hydrogen-bond donors (Lipinski definition) is 3. The number of halogens is 1. The van der Waals surface area contributed by atoms with E-state index in [0.717, 1.165) is 24.2 Å². The summed E-state index contributed by atoms with van der Waals surface area (Å²) in [5.74, 6) is -0.483. The lowest BCUT2D eigenvalue weighted by atomic mass is 9.86. The molecule has 3 aromatic rings. The van der Waals surface area contributed by atoms with Crippen molar-refractivity contribution in [1.82, 2.24) is 9.55 Å². The molecule has 32 heavy (non-hydrogen) atoms. The Morgan fingerprint density at radius 3 is 2.84 bits per heavy atom. The topological polar surface area (TPSA) is 96.3 Å². The van der Waals surface area contributed by atoms with E-state index in [4.69, 9.17) is 11.6 Å². The Kier molecular flexibility index (Phi) is 5.61. The summed E-state index contributed by atoms with van der Waals surface area (Å²) in [6.45, 7) is 0.762. The molecule has 0 bridgehead atoms. The maximum absolute atomic E-state index is 13.6. The second-order valence-corrected chi connectivity index (χ2v) is 9.12. The Morgan fingerprint density at radius 1 is 1.16 bits per heavy atom. The number of carbonyl (C=O) groups excluding carboxylic acids is 1. The number of nitrogens with one attached hydrogen (secondary N) is 2. The quantitative estimate of drug-likeness (QED) is 0.528. The van der Waals surface area contributed by atoms with Gasteiger partial charge in [-0.25, -0.2) is 4.98 Å². The molecule has 5 rings (SSSR count). The number of benzene rings is 2. The van der Waals surface area contributed by atoms with Crippen molar-refractivity contribution in [2.45, 2.75) is 43.2 Å². The van der Waals surface area contributed by atoms with Crippen LogP contribution in [0, 0.1) is 5.92 Å². The smallest absolute Gasteiger partial charge is 0.263 e. The summed E-state index contributed by atoms with van der Waals surface area (Å²) < 4.78 is 1.67. The summed E-state index contributed by atoms with van der Waals surface area (Å²) >= 11 is 6.18. The van der Waals surface area contributed by atoms with Crippen molar-refractivity contribution >= 4 is 39.8 Å². The summed E-state index contributed by atoms with van der Waals surface area (Å²) in [4.78, 5) is 31.1. The van der Waals surface area contributed by atoms with Gasteiger partial charge in [-0.3, -0.25) is 14.2 Å². The van der Waals surface area contributed by atoms with Crippen molar-refractivity contribution in [2.75, 3.05) is 17.2 Å². The molecule has 4 unspecified atom stereocenters. The number of nitrogens with zero attached hydrogens (tertiary/aromatic N) is 2. The van der Waals surface area contributed by atoms with Gasteiger partial charge in [-0.2, -0.15) is 0 Å². The highest BCUT2D eigenvalue weighted by atomic mass is 35.5. The van der Waals surface area contributed by atoms with Crippen molar-refractivity contribution in [1.29, 1.82) is 0 Å². The van der Waals surface area contributed by atoms with Crippen LogP contribution in [0.25, 0.3) is 10.9 Å². The standard InChI is InChI=1S/C24H25ClN4O3/c25-16-12-14(8-9-21(16)30)23(31)28-19-7-3-6-18-22(19)24(32)29(13-27-18)20-10-11-26-17-5-2-1-4-15(17)20/h1-7,13-14,16,20-21,26,30H,8-12H2,(H,28,31). The number of amides is 1. The minimum absolute atomic E-state index is 0.127. The van der Waals surface area contributed by atoms with Gasteiger partial charge in [-0.1, -0.05) is 24.3 Å². The number of alkyl halides is 1. The molecule has 8 heteroatoms. The molecule has 2 aromatic carbocycles. The van der Waals surface area contributed by atoms with E-state index in [0.29, 0.717) is 35.9 Å². The van der Waals surface area contributed by atoms with Gasteiger partial charge < -0.3 is 15.7 Å². The minimum Gasteiger partial charge on any atom is -0.392 e. The average molecular weight is 453 g/mol. The van der Waals surface area contributed by atoms with Crippen LogP contribution < -0.4 is 16.2 Å². The SMILES string of the molecule is O=C(Nc1cccc2ncn(C3CCNc4ccccc43)c(=O)c12)C1CCC(O)C(Cl)C1. The molecule has 1 aliphatic heterocycles. The average Bonchev–Trinajstić information content (AvgIpc) is 2.81. The van der Waals surface area contributed by atoms with Gasteiger partial charge in [0.1, 0.15) is 0 Å². The highest BCUT2D eigenvalue weighted by Gasteiger charge is 2.32. The van der Waals surface area contributed by atoms with Crippen LogP contribution >= 0.6 is 11.6 Å². The fourth-order valence-corrected chi connectivity index (χ4v) is 5.15. The Bertz CT molecular complexity index is 1230. The van der Waals surface area contributed by atoms with Gasteiger partial charge in [0.05, 0.1) is 40.4 Å². The fraction of sp³-hybridized carbons (Fsp3) is 0.375. The van der Waals surface area contributed by atoms with Crippen molar-refractivity contribution in [3.8, 4) is 0 Å². The lowest BCUT2D eigenvalue weighted by Gasteiger charge is -2.29. The monoisotopic (exact) mass is 452 g/mol. The van der Waals surface area contributed by atoms with Crippen LogP contribution in [0.1, 0.15) is 37.3 Å². The zero-order chi connectivity index (χ0) is 22.2. The molecule has 3 N–H and O–H groups in total. The van der Waals surface area contributed by atoms with E-state index >= 15 is 0 Å². The first-order valence-corrected chi connectivity index (χ1v) is 11.4. The zero-order valence-corrected chi connectivity index (χ0v) is 18.3. The first kappa shape index (κ1) is 21.0. The van der Waals surface area contributed by atoms with E-state index in [2.05, 4.69) is 15.6 Å². The van der Waals surface area contributed by atoms with Gasteiger partial charge in [-0.15, -0.1) is 11.6 Å². The summed E-state index contributed by atoms with van der Waals surface area (Å²) in [6.07, 6.45) is 3.25. The van der Waals surface area contributed by atoms with E-state index in [1.165, 1.54) is 0 Å². The highest BCUT2D eigenvalue weighted by Crippen LogP contribution is 2.33.